The van der Waals surface area contributed by atoms with Crippen LogP contribution in [0.15, 0.2) is 18.2 Å². The van der Waals surface area contributed by atoms with E-state index in [2.05, 4.69) is 25.1 Å². The average Bonchev–Trinajstić information content (AvgIpc) is 2.35. The maximum absolute atomic E-state index is 11.6. The Morgan fingerprint density at radius 1 is 1.42 bits per heavy atom. The number of amides is 1. The SMILES string of the molecule is C#CCNC(=O)C(C)Oc1ccc(C(C)C)c(C)c1. The van der Waals surface area contributed by atoms with Gasteiger partial charge >= 0.3 is 0 Å². The summed E-state index contributed by atoms with van der Waals surface area (Å²) >= 11 is 0. The smallest absolute Gasteiger partial charge is 0.261 e. The molecule has 0 heterocycles. The Labute approximate surface area is 115 Å². The minimum absolute atomic E-state index is 0.205. The van der Waals surface area contributed by atoms with E-state index in [1.165, 1.54) is 11.1 Å². The van der Waals surface area contributed by atoms with Crippen LogP contribution in [0.4, 0.5) is 0 Å². The first-order valence-electron chi connectivity index (χ1n) is 6.44. The fourth-order valence-corrected chi connectivity index (χ4v) is 1.91. The van der Waals surface area contributed by atoms with Gasteiger partial charge in [0.25, 0.3) is 5.91 Å². The average molecular weight is 259 g/mol. The van der Waals surface area contributed by atoms with E-state index in [4.69, 9.17) is 11.2 Å². The van der Waals surface area contributed by atoms with Crippen LogP contribution in [0.5, 0.6) is 5.75 Å². The monoisotopic (exact) mass is 259 g/mol. The highest BCUT2D eigenvalue weighted by atomic mass is 16.5. The number of hydrogen-bond acceptors (Lipinski definition) is 2. The predicted octanol–water partition coefficient (Wildman–Crippen LogP) is 2.64. The molecule has 0 aliphatic heterocycles. The van der Waals surface area contributed by atoms with Crippen LogP contribution in [0.1, 0.15) is 37.8 Å². The van der Waals surface area contributed by atoms with Crippen LogP contribution < -0.4 is 10.1 Å². The molecule has 1 N–H and O–H groups in total. The van der Waals surface area contributed by atoms with E-state index in [0.29, 0.717) is 11.7 Å². The molecule has 0 saturated heterocycles. The summed E-state index contributed by atoms with van der Waals surface area (Å²) in [7, 11) is 0. The first-order valence-corrected chi connectivity index (χ1v) is 6.44. The Bertz CT molecular complexity index is 486. The summed E-state index contributed by atoms with van der Waals surface area (Å²) in [6, 6.07) is 5.90. The lowest BCUT2D eigenvalue weighted by Crippen LogP contribution is -2.36. The molecule has 0 bridgehead atoms. The summed E-state index contributed by atoms with van der Waals surface area (Å²) in [6.07, 6.45) is 4.53. The van der Waals surface area contributed by atoms with Gasteiger partial charge in [-0.25, -0.2) is 0 Å². The Balaban J connectivity index is 2.70. The van der Waals surface area contributed by atoms with Gasteiger partial charge in [0.15, 0.2) is 6.10 Å². The van der Waals surface area contributed by atoms with Crippen molar-refractivity contribution in [3.8, 4) is 18.1 Å². The molecule has 3 nitrogen and oxygen atoms in total. The van der Waals surface area contributed by atoms with Crippen LogP contribution in [-0.4, -0.2) is 18.6 Å². The first kappa shape index (κ1) is 15.1. The number of nitrogens with one attached hydrogen (secondary N) is 1. The number of aryl methyl sites for hydroxylation is 1. The highest BCUT2D eigenvalue weighted by molar-refractivity contribution is 5.80. The number of hydrogen-bond donors (Lipinski definition) is 1. The summed E-state index contributed by atoms with van der Waals surface area (Å²) in [5.41, 5.74) is 2.46. The molecule has 1 atom stereocenters. The third-order valence-electron chi connectivity index (χ3n) is 2.91. The fourth-order valence-electron chi connectivity index (χ4n) is 1.91. The van der Waals surface area contributed by atoms with Gasteiger partial charge in [-0.2, -0.15) is 0 Å². The zero-order chi connectivity index (χ0) is 14.4. The molecule has 0 radical (unpaired) electrons. The fraction of sp³-hybridized carbons (Fsp3) is 0.438. The highest BCUT2D eigenvalue weighted by Gasteiger charge is 2.14. The molecule has 0 aromatic heterocycles. The van der Waals surface area contributed by atoms with Crippen molar-refractivity contribution in [2.75, 3.05) is 6.54 Å². The van der Waals surface area contributed by atoms with Gasteiger partial charge in [0.05, 0.1) is 6.54 Å². The van der Waals surface area contributed by atoms with E-state index in [-0.39, 0.29) is 12.5 Å². The molecule has 0 aliphatic carbocycles. The summed E-state index contributed by atoms with van der Waals surface area (Å²) in [5.74, 6) is 3.33. The van der Waals surface area contributed by atoms with Crippen molar-refractivity contribution in [2.24, 2.45) is 0 Å². The molecule has 1 rings (SSSR count). The Morgan fingerprint density at radius 3 is 2.63 bits per heavy atom. The van der Waals surface area contributed by atoms with E-state index in [1.807, 2.05) is 25.1 Å². The zero-order valence-electron chi connectivity index (χ0n) is 12.0. The molecule has 0 fully saturated rings. The number of rotatable bonds is 5. The molecule has 0 spiro atoms. The molecular weight excluding hydrogens is 238 g/mol. The van der Waals surface area contributed by atoms with E-state index < -0.39 is 6.10 Å². The van der Waals surface area contributed by atoms with E-state index in [1.54, 1.807) is 6.92 Å². The standard InChI is InChI=1S/C16H21NO2/c1-6-9-17-16(18)13(5)19-14-7-8-15(11(2)3)12(4)10-14/h1,7-8,10-11,13H,9H2,2-5H3,(H,17,18). The van der Waals surface area contributed by atoms with Crippen LogP contribution in [0.25, 0.3) is 0 Å². The van der Waals surface area contributed by atoms with Crippen LogP contribution in [0, 0.1) is 19.3 Å². The minimum Gasteiger partial charge on any atom is -0.481 e. The maximum atomic E-state index is 11.6. The molecule has 1 aromatic carbocycles. The molecule has 102 valence electrons. The molecule has 19 heavy (non-hydrogen) atoms. The second-order valence-electron chi connectivity index (χ2n) is 4.86. The van der Waals surface area contributed by atoms with Crippen molar-refractivity contribution in [3.63, 3.8) is 0 Å². The molecule has 1 aromatic rings. The van der Waals surface area contributed by atoms with Gasteiger partial charge in [-0.1, -0.05) is 25.8 Å². The maximum Gasteiger partial charge on any atom is 0.261 e. The minimum atomic E-state index is -0.558. The van der Waals surface area contributed by atoms with Crippen molar-refractivity contribution in [2.45, 2.75) is 39.7 Å². The summed E-state index contributed by atoms with van der Waals surface area (Å²) < 4.78 is 5.61. The number of carbonyl (C=O) groups is 1. The quantitative estimate of drug-likeness (QED) is 0.826. The van der Waals surface area contributed by atoms with Gasteiger partial charge in [0, 0.05) is 0 Å². The van der Waals surface area contributed by atoms with Gasteiger partial charge in [-0.15, -0.1) is 6.42 Å². The lowest BCUT2D eigenvalue weighted by molar-refractivity contribution is -0.126. The van der Waals surface area contributed by atoms with Gasteiger partial charge in [-0.3, -0.25) is 4.79 Å². The van der Waals surface area contributed by atoms with Crippen molar-refractivity contribution in [1.29, 1.82) is 0 Å². The lowest BCUT2D eigenvalue weighted by atomic mass is 9.98. The predicted molar refractivity (Wildman–Crippen MR) is 77.2 cm³/mol. The molecule has 3 heteroatoms. The van der Waals surface area contributed by atoms with Crippen molar-refractivity contribution < 1.29 is 9.53 Å². The molecular formula is C16H21NO2. The molecule has 0 saturated carbocycles. The van der Waals surface area contributed by atoms with Gasteiger partial charge in [0.1, 0.15) is 5.75 Å². The van der Waals surface area contributed by atoms with Gasteiger partial charge in [-0.05, 0) is 43.0 Å². The van der Waals surface area contributed by atoms with Crippen molar-refractivity contribution in [3.05, 3.63) is 29.3 Å². The second-order valence-corrected chi connectivity index (χ2v) is 4.86. The number of benzene rings is 1. The normalized spacial score (nSPS) is 11.8. The number of carbonyl (C=O) groups excluding carboxylic acids is 1. The van der Waals surface area contributed by atoms with Crippen LogP contribution in [0.2, 0.25) is 0 Å². The highest BCUT2D eigenvalue weighted by Crippen LogP contribution is 2.24. The molecule has 0 aliphatic rings. The summed E-state index contributed by atoms with van der Waals surface area (Å²) in [5, 5.41) is 2.60. The van der Waals surface area contributed by atoms with E-state index in [0.717, 1.165) is 0 Å². The van der Waals surface area contributed by atoms with Crippen LogP contribution >= 0.6 is 0 Å². The zero-order valence-corrected chi connectivity index (χ0v) is 12.0. The van der Waals surface area contributed by atoms with Crippen molar-refractivity contribution in [1.82, 2.24) is 5.32 Å². The second kappa shape index (κ2) is 6.84. The molecule has 1 amide bonds. The lowest BCUT2D eigenvalue weighted by Gasteiger charge is -2.16. The third kappa shape index (κ3) is 4.33. The largest absolute Gasteiger partial charge is 0.481 e. The Morgan fingerprint density at radius 2 is 2.11 bits per heavy atom. The molecule has 1 unspecified atom stereocenters. The van der Waals surface area contributed by atoms with E-state index in [9.17, 15) is 4.79 Å². The summed E-state index contributed by atoms with van der Waals surface area (Å²) in [4.78, 5) is 11.6. The topological polar surface area (TPSA) is 38.3 Å². The van der Waals surface area contributed by atoms with Crippen molar-refractivity contribution >= 4 is 5.91 Å². The summed E-state index contributed by atoms with van der Waals surface area (Å²) in [6.45, 7) is 8.28. The van der Waals surface area contributed by atoms with Gasteiger partial charge in [0.2, 0.25) is 0 Å². The number of ether oxygens (including phenoxy) is 1. The Hall–Kier alpha value is -1.95. The Kier molecular flexibility index (Phi) is 5.44. The third-order valence-corrected chi connectivity index (χ3v) is 2.91. The van der Waals surface area contributed by atoms with E-state index >= 15 is 0 Å². The van der Waals surface area contributed by atoms with Crippen LogP contribution in [-0.2, 0) is 4.79 Å². The van der Waals surface area contributed by atoms with Gasteiger partial charge < -0.3 is 10.1 Å². The van der Waals surface area contributed by atoms with Crippen LogP contribution in [0.3, 0.4) is 0 Å². The first-order chi connectivity index (χ1) is 8.95. The number of terminal acetylenes is 1.